The van der Waals surface area contributed by atoms with Gasteiger partial charge in [0.15, 0.2) is 0 Å². The van der Waals surface area contributed by atoms with Crippen LogP contribution in [-0.2, 0) is 9.53 Å². The van der Waals surface area contributed by atoms with Crippen molar-refractivity contribution in [3.8, 4) is 10.8 Å². The minimum Gasteiger partial charge on any atom is -0.468 e. The Morgan fingerprint density at radius 2 is 2.42 bits per heavy atom. The van der Waals surface area contributed by atoms with E-state index < -0.39 is 0 Å². The quantitative estimate of drug-likeness (QED) is 0.624. The Kier molecular flexibility index (Phi) is 3.56. The van der Waals surface area contributed by atoms with Gasteiger partial charge >= 0.3 is 5.97 Å². The van der Waals surface area contributed by atoms with Crippen molar-refractivity contribution in [2.75, 3.05) is 7.11 Å². The van der Waals surface area contributed by atoms with Gasteiger partial charge in [0.05, 0.1) is 12.0 Å². The molecular formula is C12H12N2O3S2. The molecule has 2 heterocycles. The van der Waals surface area contributed by atoms with E-state index in [1.165, 1.54) is 18.9 Å². The van der Waals surface area contributed by atoms with Crippen LogP contribution in [0.3, 0.4) is 0 Å². The molecule has 0 saturated heterocycles. The van der Waals surface area contributed by atoms with Gasteiger partial charge in [-0.15, -0.1) is 21.5 Å². The van der Waals surface area contributed by atoms with Crippen molar-refractivity contribution in [2.45, 2.75) is 23.3 Å². The first-order chi connectivity index (χ1) is 9.28. The molecule has 5 nitrogen and oxygen atoms in total. The fraction of sp³-hybridized carbons (Fsp3) is 0.417. The average molecular weight is 296 g/mol. The monoisotopic (exact) mass is 296 g/mol. The van der Waals surface area contributed by atoms with Gasteiger partial charge in [0.25, 0.3) is 11.1 Å². The number of hydrogen-bond donors (Lipinski definition) is 0. The molecule has 7 heteroatoms. The zero-order valence-corrected chi connectivity index (χ0v) is 11.9. The molecule has 19 heavy (non-hydrogen) atoms. The summed E-state index contributed by atoms with van der Waals surface area (Å²) in [6.07, 6.45) is 2.11. The van der Waals surface area contributed by atoms with Gasteiger partial charge in [0.1, 0.15) is 5.25 Å². The molecule has 1 unspecified atom stereocenters. The molecule has 1 aliphatic rings. The summed E-state index contributed by atoms with van der Waals surface area (Å²) < 4.78 is 10.4. The fourth-order valence-electron chi connectivity index (χ4n) is 1.72. The number of rotatable bonds is 5. The van der Waals surface area contributed by atoms with Crippen LogP contribution < -0.4 is 0 Å². The Morgan fingerprint density at radius 3 is 3.05 bits per heavy atom. The smallest absolute Gasteiger partial charge is 0.319 e. The molecule has 0 radical (unpaired) electrons. The highest BCUT2D eigenvalue weighted by atomic mass is 32.2. The van der Waals surface area contributed by atoms with E-state index >= 15 is 0 Å². The molecule has 1 saturated carbocycles. The summed E-state index contributed by atoms with van der Waals surface area (Å²) in [5, 5.41) is 10.1. The average Bonchev–Trinajstić information content (AvgIpc) is 2.94. The van der Waals surface area contributed by atoms with E-state index in [0.717, 1.165) is 17.7 Å². The number of carbonyl (C=O) groups is 1. The minimum atomic E-state index is -0.235. The zero-order valence-electron chi connectivity index (χ0n) is 10.2. The summed E-state index contributed by atoms with van der Waals surface area (Å²) in [6, 6.07) is 3.85. The van der Waals surface area contributed by atoms with Gasteiger partial charge in [-0.1, -0.05) is 6.07 Å². The molecule has 0 spiro atoms. The van der Waals surface area contributed by atoms with E-state index in [1.807, 2.05) is 17.5 Å². The van der Waals surface area contributed by atoms with Gasteiger partial charge in [-0.3, -0.25) is 4.79 Å². The highest BCUT2D eigenvalue weighted by Gasteiger charge is 2.39. The molecule has 2 aromatic rings. The molecule has 2 aromatic heterocycles. The van der Waals surface area contributed by atoms with Crippen molar-refractivity contribution in [3.05, 3.63) is 17.5 Å². The molecule has 0 aliphatic heterocycles. The lowest BCUT2D eigenvalue weighted by Crippen LogP contribution is -2.20. The van der Waals surface area contributed by atoms with Gasteiger partial charge in [0, 0.05) is 0 Å². The zero-order chi connectivity index (χ0) is 13.2. The first-order valence-corrected chi connectivity index (χ1v) is 7.65. The number of methoxy groups -OCH3 is 1. The summed E-state index contributed by atoms with van der Waals surface area (Å²) in [4.78, 5) is 12.6. The van der Waals surface area contributed by atoms with Crippen molar-refractivity contribution in [1.82, 2.24) is 10.2 Å². The number of esters is 1. The van der Waals surface area contributed by atoms with Crippen LogP contribution in [0.2, 0.25) is 0 Å². The van der Waals surface area contributed by atoms with Crippen molar-refractivity contribution in [1.29, 1.82) is 0 Å². The number of thioether (sulfide) groups is 1. The highest BCUT2D eigenvalue weighted by Crippen LogP contribution is 2.42. The number of thiophene rings is 1. The molecule has 1 fully saturated rings. The summed E-state index contributed by atoms with van der Waals surface area (Å²) in [5.74, 6) is 0.648. The van der Waals surface area contributed by atoms with Gasteiger partial charge < -0.3 is 9.15 Å². The predicted octanol–water partition coefficient (Wildman–Crippen LogP) is 2.84. The maximum Gasteiger partial charge on any atom is 0.319 e. The minimum absolute atomic E-state index is 0.219. The van der Waals surface area contributed by atoms with Crippen LogP contribution in [0, 0.1) is 5.92 Å². The lowest BCUT2D eigenvalue weighted by Gasteiger charge is -2.09. The number of nitrogens with zero attached hydrogens (tertiary/aromatic N) is 2. The largest absolute Gasteiger partial charge is 0.468 e. The Hall–Kier alpha value is -1.34. The second-order valence-corrected chi connectivity index (χ2v) is 6.29. The Morgan fingerprint density at radius 1 is 1.58 bits per heavy atom. The van der Waals surface area contributed by atoms with E-state index in [9.17, 15) is 4.79 Å². The molecule has 0 amide bonds. The van der Waals surface area contributed by atoms with Gasteiger partial charge in [-0.25, -0.2) is 0 Å². The fourth-order valence-corrected chi connectivity index (χ4v) is 3.45. The van der Waals surface area contributed by atoms with E-state index in [0.29, 0.717) is 17.0 Å². The van der Waals surface area contributed by atoms with Gasteiger partial charge in [-0.2, -0.15) is 0 Å². The lowest BCUT2D eigenvalue weighted by molar-refractivity contribution is -0.140. The second kappa shape index (κ2) is 5.34. The Bertz CT molecular complexity index is 563. The normalized spacial score (nSPS) is 16.3. The van der Waals surface area contributed by atoms with Gasteiger partial charge in [0.2, 0.25) is 0 Å². The maximum atomic E-state index is 11.7. The molecule has 0 N–H and O–H groups in total. The van der Waals surface area contributed by atoms with Crippen LogP contribution >= 0.6 is 23.1 Å². The van der Waals surface area contributed by atoms with Crippen molar-refractivity contribution >= 4 is 29.1 Å². The Labute approximate surface area is 118 Å². The third-order valence-corrected chi connectivity index (χ3v) is 4.91. The number of carbonyl (C=O) groups excluding carboxylic acids is 1. The first kappa shape index (κ1) is 12.7. The van der Waals surface area contributed by atoms with Crippen LogP contribution in [-0.4, -0.2) is 28.5 Å². The van der Waals surface area contributed by atoms with E-state index in [2.05, 4.69) is 10.2 Å². The molecule has 3 rings (SSSR count). The Balaban J connectivity index is 1.74. The van der Waals surface area contributed by atoms with E-state index in [-0.39, 0.29) is 11.2 Å². The van der Waals surface area contributed by atoms with Crippen LogP contribution in [0.1, 0.15) is 12.8 Å². The maximum absolute atomic E-state index is 11.7. The van der Waals surface area contributed by atoms with Crippen LogP contribution in [0.4, 0.5) is 0 Å². The molecular weight excluding hydrogens is 284 g/mol. The number of aromatic nitrogens is 2. The molecule has 0 aromatic carbocycles. The van der Waals surface area contributed by atoms with Crippen molar-refractivity contribution in [2.24, 2.45) is 5.92 Å². The molecule has 1 aliphatic carbocycles. The molecule has 100 valence electrons. The third kappa shape index (κ3) is 2.82. The summed E-state index contributed by atoms with van der Waals surface area (Å²) >= 11 is 2.84. The molecule has 0 bridgehead atoms. The van der Waals surface area contributed by atoms with E-state index in [4.69, 9.17) is 9.15 Å². The molecule has 1 atom stereocenters. The van der Waals surface area contributed by atoms with Crippen LogP contribution in [0.5, 0.6) is 0 Å². The van der Waals surface area contributed by atoms with Crippen molar-refractivity contribution < 1.29 is 13.9 Å². The van der Waals surface area contributed by atoms with Gasteiger partial charge in [-0.05, 0) is 42.0 Å². The topological polar surface area (TPSA) is 65.2 Å². The summed E-state index contributed by atoms with van der Waals surface area (Å²) in [6.45, 7) is 0. The summed E-state index contributed by atoms with van der Waals surface area (Å²) in [5.41, 5.74) is 0. The van der Waals surface area contributed by atoms with Crippen molar-refractivity contribution in [3.63, 3.8) is 0 Å². The third-order valence-electron chi connectivity index (χ3n) is 2.85. The second-order valence-electron chi connectivity index (χ2n) is 4.25. The first-order valence-electron chi connectivity index (χ1n) is 5.90. The van der Waals surface area contributed by atoms with Crippen LogP contribution in [0.15, 0.2) is 27.2 Å². The standard InChI is InChI=1S/C12H12N2O3S2/c1-16-11(15)9(7-4-5-7)19-12-14-13-10(17-12)8-3-2-6-18-8/h2-3,6-7,9H,4-5H2,1H3. The van der Waals surface area contributed by atoms with Crippen LogP contribution in [0.25, 0.3) is 10.8 Å². The predicted molar refractivity (Wildman–Crippen MR) is 72.0 cm³/mol. The SMILES string of the molecule is COC(=O)C(Sc1nnc(-c2cccs2)o1)C1CC1. The highest BCUT2D eigenvalue weighted by molar-refractivity contribution is 8.00. The number of hydrogen-bond acceptors (Lipinski definition) is 7. The number of ether oxygens (including phenoxy) is 1. The lowest BCUT2D eigenvalue weighted by atomic mass is 10.3. The van der Waals surface area contributed by atoms with E-state index in [1.54, 1.807) is 11.3 Å². The summed E-state index contributed by atoms with van der Waals surface area (Å²) in [7, 11) is 1.41.